The number of hydrogen-bond donors (Lipinski definition) is 0. The molecule has 2 aromatic rings. The maximum Gasteiger partial charge on any atom is 0.331 e. The molecule has 19 heavy (non-hydrogen) atoms. The lowest BCUT2D eigenvalue weighted by atomic mass is 10.2. The highest BCUT2D eigenvalue weighted by molar-refractivity contribution is 7.17. The number of thiophene rings is 1. The van der Waals surface area contributed by atoms with Crippen LogP contribution in [0.4, 0.5) is 0 Å². The number of carbonyl (C=O) groups excluding carboxylic acids is 1. The summed E-state index contributed by atoms with van der Waals surface area (Å²) in [5.41, 5.74) is 0.0800. The summed E-state index contributed by atoms with van der Waals surface area (Å²) in [7, 11) is 2.89. The van der Waals surface area contributed by atoms with Crippen molar-refractivity contribution in [1.82, 2.24) is 9.13 Å². The fourth-order valence-corrected chi connectivity index (χ4v) is 2.94. The first-order valence-electron chi connectivity index (χ1n) is 5.71. The first kappa shape index (κ1) is 13.5. The lowest BCUT2D eigenvalue weighted by molar-refractivity contribution is -0.140. The summed E-state index contributed by atoms with van der Waals surface area (Å²) in [6, 6.07) is 0. The zero-order chi connectivity index (χ0) is 14.2. The van der Waals surface area contributed by atoms with E-state index in [1.165, 1.54) is 23.0 Å². The number of esters is 1. The maximum atomic E-state index is 12.3. The van der Waals surface area contributed by atoms with Gasteiger partial charge in [0.1, 0.15) is 4.83 Å². The molecule has 0 aliphatic rings. The zero-order valence-corrected chi connectivity index (χ0v) is 11.7. The largest absolute Gasteiger partial charge is 0.469 e. The van der Waals surface area contributed by atoms with Crippen LogP contribution in [-0.2, 0) is 23.1 Å². The minimum absolute atomic E-state index is 0.000335. The van der Waals surface area contributed by atoms with E-state index in [9.17, 15) is 14.4 Å². The average molecular weight is 282 g/mol. The molecule has 2 aromatic heterocycles. The second-order valence-corrected chi connectivity index (χ2v) is 5.08. The number of nitrogens with zero attached hydrogens (tertiary/aromatic N) is 2. The van der Waals surface area contributed by atoms with Crippen molar-refractivity contribution in [2.24, 2.45) is 7.05 Å². The van der Waals surface area contributed by atoms with Crippen LogP contribution in [0.2, 0.25) is 0 Å². The molecule has 0 bridgehead atoms. The van der Waals surface area contributed by atoms with Gasteiger partial charge in [-0.2, -0.15) is 0 Å². The van der Waals surface area contributed by atoms with Crippen molar-refractivity contribution in [2.45, 2.75) is 19.9 Å². The standard InChI is InChI=1S/C12H14N2O4S/c1-7-6-19-11-9(7)10(16)14(12(17)13(11)2)5-4-8(15)18-3/h6H,4-5H2,1-3H3. The van der Waals surface area contributed by atoms with E-state index in [2.05, 4.69) is 4.74 Å². The summed E-state index contributed by atoms with van der Waals surface area (Å²) in [4.78, 5) is 36.2. The van der Waals surface area contributed by atoms with Gasteiger partial charge in [0.05, 0.1) is 18.9 Å². The van der Waals surface area contributed by atoms with E-state index >= 15 is 0 Å². The molecule has 0 atom stereocenters. The van der Waals surface area contributed by atoms with Crippen molar-refractivity contribution >= 4 is 27.5 Å². The van der Waals surface area contributed by atoms with Crippen LogP contribution in [-0.4, -0.2) is 22.2 Å². The predicted molar refractivity (Wildman–Crippen MR) is 72.7 cm³/mol. The molecule has 7 heteroatoms. The van der Waals surface area contributed by atoms with Gasteiger partial charge in [-0.1, -0.05) is 0 Å². The average Bonchev–Trinajstić information content (AvgIpc) is 2.78. The fourth-order valence-electron chi connectivity index (χ4n) is 1.93. The molecule has 0 unspecified atom stereocenters. The lowest BCUT2D eigenvalue weighted by Gasteiger charge is -2.08. The van der Waals surface area contributed by atoms with Crippen molar-refractivity contribution in [2.75, 3.05) is 7.11 Å². The molecular weight excluding hydrogens is 268 g/mol. The van der Waals surface area contributed by atoms with Gasteiger partial charge in [-0.25, -0.2) is 4.79 Å². The number of fused-ring (bicyclic) bond motifs is 1. The Morgan fingerprint density at radius 3 is 2.74 bits per heavy atom. The van der Waals surface area contributed by atoms with Gasteiger partial charge >= 0.3 is 11.7 Å². The van der Waals surface area contributed by atoms with Crippen LogP contribution in [0.25, 0.3) is 10.2 Å². The minimum atomic E-state index is -0.448. The molecule has 0 radical (unpaired) electrons. The Morgan fingerprint density at radius 1 is 1.42 bits per heavy atom. The Hall–Kier alpha value is -1.89. The summed E-state index contributed by atoms with van der Waals surface area (Å²) in [5.74, 6) is -0.448. The highest BCUT2D eigenvalue weighted by Gasteiger charge is 2.15. The zero-order valence-electron chi connectivity index (χ0n) is 10.9. The normalized spacial score (nSPS) is 10.9. The van der Waals surface area contributed by atoms with Crippen molar-refractivity contribution in [3.05, 3.63) is 31.8 Å². The number of ether oxygens (including phenoxy) is 1. The quantitative estimate of drug-likeness (QED) is 0.774. The van der Waals surface area contributed by atoms with Crippen LogP contribution >= 0.6 is 11.3 Å². The molecule has 0 spiro atoms. The van der Waals surface area contributed by atoms with Crippen LogP contribution in [0.15, 0.2) is 15.0 Å². The Bertz CT molecular complexity index is 753. The van der Waals surface area contributed by atoms with Crippen molar-refractivity contribution in [1.29, 1.82) is 0 Å². The lowest BCUT2D eigenvalue weighted by Crippen LogP contribution is -2.39. The van der Waals surface area contributed by atoms with Gasteiger partial charge in [0.15, 0.2) is 0 Å². The van der Waals surface area contributed by atoms with E-state index in [0.717, 1.165) is 10.1 Å². The van der Waals surface area contributed by atoms with Crippen molar-refractivity contribution in [3.8, 4) is 0 Å². The van der Waals surface area contributed by atoms with Crippen molar-refractivity contribution < 1.29 is 9.53 Å². The Kier molecular flexibility index (Phi) is 3.57. The Balaban J connectivity index is 2.61. The number of methoxy groups -OCH3 is 1. The summed E-state index contributed by atoms with van der Waals surface area (Å²) < 4.78 is 7.04. The van der Waals surface area contributed by atoms with E-state index in [1.54, 1.807) is 7.05 Å². The van der Waals surface area contributed by atoms with Crippen LogP contribution in [0.1, 0.15) is 12.0 Å². The van der Waals surface area contributed by atoms with Crippen molar-refractivity contribution in [3.63, 3.8) is 0 Å². The van der Waals surface area contributed by atoms with Gasteiger partial charge < -0.3 is 4.74 Å². The second-order valence-electron chi connectivity index (χ2n) is 4.22. The molecule has 6 nitrogen and oxygen atoms in total. The molecule has 0 aliphatic heterocycles. The molecule has 0 aromatic carbocycles. The van der Waals surface area contributed by atoms with Gasteiger partial charge in [-0.3, -0.25) is 18.7 Å². The summed E-state index contributed by atoms with van der Waals surface area (Å²) in [6.45, 7) is 1.86. The van der Waals surface area contributed by atoms with E-state index in [4.69, 9.17) is 0 Å². The molecule has 0 saturated heterocycles. The predicted octanol–water partition coefficient (Wildman–Crippen LogP) is 0.633. The minimum Gasteiger partial charge on any atom is -0.469 e. The summed E-state index contributed by atoms with van der Waals surface area (Å²) in [6.07, 6.45) is 0.000335. The smallest absolute Gasteiger partial charge is 0.331 e. The van der Waals surface area contributed by atoms with E-state index in [-0.39, 0.29) is 18.5 Å². The van der Waals surface area contributed by atoms with Crippen LogP contribution in [0.3, 0.4) is 0 Å². The fraction of sp³-hybridized carbons (Fsp3) is 0.417. The number of aromatic nitrogens is 2. The van der Waals surface area contributed by atoms with Gasteiger partial charge in [0.25, 0.3) is 5.56 Å². The molecule has 0 amide bonds. The maximum absolute atomic E-state index is 12.3. The van der Waals surface area contributed by atoms with Gasteiger partial charge in [-0.05, 0) is 17.9 Å². The van der Waals surface area contributed by atoms with E-state index in [0.29, 0.717) is 10.2 Å². The number of aryl methyl sites for hydroxylation is 2. The van der Waals surface area contributed by atoms with Crippen LogP contribution < -0.4 is 11.2 Å². The third kappa shape index (κ3) is 2.21. The number of hydrogen-bond acceptors (Lipinski definition) is 5. The molecule has 0 fully saturated rings. The van der Waals surface area contributed by atoms with Gasteiger partial charge in [0, 0.05) is 13.6 Å². The molecular formula is C12H14N2O4S. The van der Waals surface area contributed by atoms with E-state index in [1.807, 2.05) is 12.3 Å². The molecule has 0 saturated carbocycles. The first-order chi connectivity index (χ1) is 8.97. The Morgan fingerprint density at radius 2 is 2.11 bits per heavy atom. The molecule has 2 heterocycles. The number of carbonyl (C=O) groups is 1. The monoisotopic (exact) mass is 282 g/mol. The van der Waals surface area contributed by atoms with E-state index < -0.39 is 11.7 Å². The highest BCUT2D eigenvalue weighted by atomic mass is 32.1. The topological polar surface area (TPSA) is 70.3 Å². The molecule has 2 rings (SSSR count). The third-order valence-corrected chi connectivity index (χ3v) is 4.18. The third-order valence-electron chi connectivity index (χ3n) is 3.00. The SMILES string of the molecule is COC(=O)CCn1c(=O)c2c(C)csc2n(C)c1=O. The second kappa shape index (κ2) is 5.00. The van der Waals surface area contributed by atoms with Gasteiger partial charge in [0.2, 0.25) is 0 Å². The Labute approximate surface area is 112 Å². The highest BCUT2D eigenvalue weighted by Crippen LogP contribution is 2.20. The molecule has 0 aliphatic carbocycles. The van der Waals surface area contributed by atoms with Gasteiger partial charge in [-0.15, -0.1) is 11.3 Å². The number of rotatable bonds is 3. The molecule has 102 valence electrons. The summed E-state index contributed by atoms with van der Waals surface area (Å²) in [5, 5.41) is 2.38. The van der Waals surface area contributed by atoms with Crippen LogP contribution in [0, 0.1) is 6.92 Å². The summed E-state index contributed by atoms with van der Waals surface area (Å²) >= 11 is 1.36. The van der Waals surface area contributed by atoms with Crippen LogP contribution in [0.5, 0.6) is 0 Å². The first-order valence-corrected chi connectivity index (χ1v) is 6.59. The molecule has 0 N–H and O–H groups in total.